The molecule has 0 radical (unpaired) electrons. The van der Waals surface area contributed by atoms with Crippen LogP contribution >= 0.6 is 11.6 Å². The number of nitrogens with one attached hydrogen (secondary N) is 2. The van der Waals surface area contributed by atoms with Crippen molar-refractivity contribution in [2.24, 2.45) is 0 Å². The molecule has 0 aliphatic carbocycles. The molecule has 5 aromatic carbocycles. The molecule has 0 aliphatic heterocycles. The summed E-state index contributed by atoms with van der Waals surface area (Å²) in [7, 11) is -4.06. The highest BCUT2D eigenvalue weighted by atomic mass is 35.5. The van der Waals surface area contributed by atoms with E-state index in [0.717, 1.165) is 26.7 Å². The van der Waals surface area contributed by atoms with Crippen LogP contribution in [-0.2, 0) is 28.0 Å². The standard InChI is InChI=1S/C35H30ClN3O5S/c36-30-19-21-31(22-20-30)45(42,43)39(23-26-9-3-1-4-10-26)24-34(40)37-38-35(41)29-17-15-27(16-18-29)25-44-33-14-8-7-13-32(33)28-11-5-2-6-12-28/h1-22H,23-25H2,(H,37,40)(H,38,41). The second kappa shape index (κ2) is 14.7. The summed E-state index contributed by atoms with van der Waals surface area (Å²) < 4.78 is 34.0. The van der Waals surface area contributed by atoms with E-state index >= 15 is 0 Å². The molecule has 5 rings (SSSR count). The first-order chi connectivity index (χ1) is 21.8. The van der Waals surface area contributed by atoms with E-state index in [2.05, 4.69) is 10.9 Å². The average Bonchev–Trinajstić information content (AvgIpc) is 3.07. The number of carbonyl (C=O) groups excluding carboxylic acids is 2. The van der Waals surface area contributed by atoms with Crippen LogP contribution in [0.2, 0.25) is 5.02 Å². The number of halogens is 1. The zero-order valence-corrected chi connectivity index (χ0v) is 25.7. The maximum Gasteiger partial charge on any atom is 0.269 e. The molecule has 0 bridgehead atoms. The van der Waals surface area contributed by atoms with Gasteiger partial charge >= 0.3 is 0 Å². The number of benzene rings is 5. The molecule has 0 spiro atoms. The van der Waals surface area contributed by atoms with Crippen molar-refractivity contribution in [1.29, 1.82) is 0 Å². The maximum atomic E-state index is 13.4. The number of carbonyl (C=O) groups is 2. The highest BCUT2D eigenvalue weighted by Crippen LogP contribution is 2.30. The van der Waals surface area contributed by atoms with Gasteiger partial charge in [0.15, 0.2) is 0 Å². The lowest BCUT2D eigenvalue weighted by molar-refractivity contribution is -0.122. The second-order valence-electron chi connectivity index (χ2n) is 10.1. The summed E-state index contributed by atoms with van der Waals surface area (Å²) in [5.74, 6) is -0.521. The quantitative estimate of drug-likeness (QED) is 0.167. The van der Waals surface area contributed by atoms with Gasteiger partial charge in [-0.15, -0.1) is 0 Å². The molecule has 45 heavy (non-hydrogen) atoms. The Morgan fingerprint density at radius 1 is 0.689 bits per heavy atom. The molecule has 0 fully saturated rings. The average molecular weight is 640 g/mol. The molecule has 0 heterocycles. The molecule has 2 amide bonds. The van der Waals surface area contributed by atoms with Gasteiger partial charge < -0.3 is 4.74 Å². The molecule has 0 atom stereocenters. The molecule has 0 unspecified atom stereocenters. The van der Waals surface area contributed by atoms with Crippen LogP contribution in [0.1, 0.15) is 21.5 Å². The third kappa shape index (κ3) is 8.36. The van der Waals surface area contributed by atoms with E-state index in [1.165, 1.54) is 24.3 Å². The Kier molecular flexibility index (Phi) is 10.3. The zero-order chi connectivity index (χ0) is 31.6. The van der Waals surface area contributed by atoms with E-state index in [4.69, 9.17) is 16.3 Å². The van der Waals surface area contributed by atoms with E-state index in [-0.39, 0.29) is 11.4 Å². The summed E-state index contributed by atoms with van der Waals surface area (Å²) in [6.07, 6.45) is 0. The Hall–Kier alpha value is -4.96. The predicted octanol–water partition coefficient (Wildman–Crippen LogP) is 6.24. The van der Waals surface area contributed by atoms with Gasteiger partial charge in [0.25, 0.3) is 11.8 Å². The van der Waals surface area contributed by atoms with Crippen LogP contribution in [0.5, 0.6) is 5.75 Å². The molecular formula is C35H30ClN3O5S. The highest BCUT2D eigenvalue weighted by Gasteiger charge is 2.27. The van der Waals surface area contributed by atoms with Crippen molar-refractivity contribution < 1.29 is 22.7 Å². The van der Waals surface area contributed by atoms with Crippen molar-refractivity contribution in [3.8, 4) is 16.9 Å². The number of sulfonamides is 1. The fraction of sp³-hybridized carbons (Fsp3) is 0.0857. The van der Waals surface area contributed by atoms with Gasteiger partial charge in [-0.1, -0.05) is 103 Å². The Labute approximate surface area is 267 Å². The van der Waals surface area contributed by atoms with Gasteiger partial charge in [0.05, 0.1) is 11.4 Å². The van der Waals surface area contributed by atoms with Gasteiger partial charge in [-0.05, 0) is 59.2 Å². The minimum Gasteiger partial charge on any atom is -0.488 e. The van der Waals surface area contributed by atoms with Crippen LogP contribution in [0.3, 0.4) is 0 Å². The van der Waals surface area contributed by atoms with E-state index < -0.39 is 28.4 Å². The first-order valence-corrected chi connectivity index (χ1v) is 15.9. The Morgan fingerprint density at radius 2 is 1.31 bits per heavy atom. The van der Waals surface area contributed by atoms with Gasteiger partial charge in [0.2, 0.25) is 10.0 Å². The molecule has 0 saturated carbocycles. The van der Waals surface area contributed by atoms with Gasteiger partial charge in [-0.3, -0.25) is 20.4 Å². The summed E-state index contributed by atoms with van der Waals surface area (Å²) >= 11 is 5.93. The third-order valence-corrected chi connectivity index (χ3v) is 8.93. The summed E-state index contributed by atoms with van der Waals surface area (Å²) in [6.45, 7) is -0.283. The normalized spacial score (nSPS) is 11.2. The monoisotopic (exact) mass is 639 g/mol. The minimum absolute atomic E-state index is 0.00714. The lowest BCUT2D eigenvalue weighted by atomic mass is 10.0. The number of amides is 2. The number of hydrogen-bond donors (Lipinski definition) is 2. The van der Waals surface area contributed by atoms with Gasteiger partial charge in [0.1, 0.15) is 12.4 Å². The summed E-state index contributed by atoms with van der Waals surface area (Å²) in [4.78, 5) is 25.6. The van der Waals surface area contributed by atoms with Crippen molar-refractivity contribution in [2.75, 3.05) is 6.54 Å². The van der Waals surface area contributed by atoms with Crippen LogP contribution in [0.4, 0.5) is 0 Å². The van der Waals surface area contributed by atoms with Crippen LogP contribution in [0.25, 0.3) is 11.1 Å². The summed E-state index contributed by atoms with van der Waals surface area (Å²) in [5, 5.41) is 0.387. The van der Waals surface area contributed by atoms with Gasteiger partial charge in [-0.2, -0.15) is 4.31 Å². The molecule has 2 N–H and O–H groups in total. The minimum atomic E-state index is -4.06. The molecule has 228 valence electrons. The van der Waals surface area contributed by atoms with Crippen LogP contribution in [0, 0.1) is 0 Å². The summed E-state index contributed by atoms with van der Waals surface area (Å²) in [5.41, 5.74) is 8.56. The van der Waals surface area contributed by atoms with Crippen molar-refractivity contribution >= 4 is 33.4 Å². The molecule has 0 aromatic heterocycles. The van der Waals surface area contributed by atoms with Crippen molar-refractivity contribution in [3.63, 3.8) is 0 Å². The van der Waals surface area contributed by atoms with Crippen molar-refractivity contribution in [3.05, 3.63) is 155 Å². The number of ether oxygens (including phenoxy) is 1. The fourth-order valence-electron chi connectivity index (χ4n) is 4.53. The number of nitrogens with zero attached hydrogens (tertiary/aromatic N) is 1. The fourth-order valence-corrected chi connectivity index (χ4v) is 6.04. The lowest BCUT2D eigenvalue weighted by Gasteiger charge is -2.22. The number of rotatable bonds is 11. The molecule has 8 nitrogen and oxygen atoms in total. The SMILES string of the molecule is O=C(CN(Cc1ccccc1)S(=O)(=O)c1ccc(Cl)cc1)NNC(=O)c1ccc(COc2ccccc2-c2ccccc2)cc1. The number of hydrogen-bond acceptors (Lipinski definition) is 5. The Balaban J connectivity index is 1.19. The number of para-hydroxylation sites is 1. The highest BCUT2D eigenvalue weighted by molar-refractivity contribution is 7.89. The molecule has 10 heteroatoms. The topological polar surface area (TPSA) is 105 Å². The summed E-state index contributed by atoms with van der Waals surface area (Å²) in [6, 6.07) is 39.1. The smallest absolute Gasteiger partial charge is 0.269 e. The maximum absolute atomic E-state index is 13.4. The van der Waals surface area contributed by atoms with Crippen LogP contribution < -0.4 is 15.6 Å². The van der Waals surface area contributed by atoms with Crippen molar-refractivity contribution in [1.82, 2.24) is 15.2 Å². The Morgan fingerprint density at radius 3 is 2.00 bits per heavy atom. The Bertz CT molecular complexity index is 1850. The first kappa shape index (κ1) is 31.5. The van der Waals surface area contributed by atoms with Gasteiger partial charge in [-0.25, -0.2) is 8.42 Å². The second-order valence-corrected chi connectivity index (χ2v) is 12.4. The van der Waals surface area contributed by atoms with E-state index in [1.807, 2.05) is 60.7 Å². The van der Waals surface area contributed by atoms with E-state index in [9.17, 15) is 18.0 Å². The van der Waals surface area contributed by atoms with Gasteiger partial charge in [0, 0.05) is 22.7 Å². The van der Waals surface area contributed by atoms with E-state index in [1.54, 1.807) is 48.5 Å². The number of hydrazine groups is 1. The molecule has 0 aliphatic rings. The predicted molar refractivity (Wildman–Crippen MR) is 174 cm³/mol. The first-order valence-electron chi connectivity index (χ1n) is 14.0. The van der Waals surface area contributed by atoms with E-state index in [0.29, 0.717) is 22.8 Å². The zero-order valence-electron chi connectivity index (χ0n) is 24.1. The molecule has 0 saturated heterocycles. The molecular weight excluding hydrogens is 610 g/mol. The lowest BCUT2D eigenvalue weighted by Crippen LogP contribution is -2.47. The molecule has 5 aromatic rings. The van der Waals surface area contributed by atoms with Crippen LogP contribution in [0.15, 0.2) is 138 Å². The largest absolute Gasteiger partial charge is 0.488 e. The van der Waals surface area contributed by atoms with Crippen molar-refractivity contribution in [2.45, 2.75) is 18.0 Å². The van der Waals surface area contributed by atoms with Crippen LogP contribution in [-0.4, -0.2) is 31.1 Å². The third-order valence-electron chi connectivity index (χ3n) is 6.87.